The third-order valence-electron chi connectivity index (χ3n) is 2.73. The smallest absolute Gasteiger partial charge is 0.310 e. The molecule has 106 valence electrons. The topological polar surface area (TPSA) is 72.4 Å². The monoisotopic (exact) mass is 285 g/mol. The van der Waals surface area contributed by atoms with Gasteiger partial charge in [-0.15, -0.1) is 5.10 Å². The van der Waals surface area contributed by atoms with Crippen LogP contribution in [0.25, 0.3) is 0 Å². The van der Waals surface area contributed by atoms with Crippen LogP contribution in [-0.4, -0.2) is 47.1 Å². The SMILES string of the molecule is CCCc1nnsc1C(=O)N(C)CC(C)C(=O)OC. The minimum atomic E-state index is -0.352. The Kier molecular flexibility index (Phi) is 5.88. The highest BCUT2D eigenvalue weighted by Gasteiger charge is 2.23. The Labute approximate surface area is 116 Å². The van der Waals surface area contributed by atoms with Crippen LogP contribution in [0.1, 0.15) is 35.6 Å². The minimum absolute atomic E-state index is 0.144. The van der Waals surface area contributed by atoms with Crippen molar-refractivity contribution in [2.75, 3.05) is 20.7 Å². The number of aryl methyl sites for hydroxylation is 1. The van der Waals surface area contributed by atoms with E-state index < -0.39 is 0 Å². The van der Waals surface area contributed by atoms with Gasteiger partial charge in [-0.1, -0.05) is 24.8 Å². The Bertz CT molecular complexity index is 447. The van der Waals surface area contributed by atoms with Crippen LogP contribution in [0.15, 0.2) is 0 Å². The van der Waals surface area contributed by atoms with Crippen LogP contribution in [0.2, 0.25) is 0 Å². The molecule has 0 spiro atoms. The van der Waals surface area contributed by atoms with Crippen LogP contribution in [0.4, 0.5) is 0 Å². The summed E-state index contributed by atoms with van der Waals surface area (Å²) in [5.74, 6) is -0.820. The fourth-order valence-electron chi connectivity index (χ4n) is 1.71. The second-order valence-corrected chi connectivity index (χ2v) is 5.16. The number of ether oxygens (including phenoxy) is 1. The van der Waals surface area contributed by atoms with Crippen molar-refractivity contribution in [2.45, 2.75) is 26.7 Å². The Hall–Kier alpha value is -1.50. The van der Waals surface area contributed by atoms with Gasteiger partial charge in [-0.2, -0.15) is 0 Å². The molecule has 0 saturated heterocycles. The molecule has 1 heterocycles. The van der Waals surface area contributed by atoms with Gasteiger partial charge >= 0.3 is 5.97 Å². The molecule has 0 bridgehead atoms. The first kappa shape index (κ1) is 15.6. The molecular formula is C12H19N3O3S. The molecule has 0 fully saturated rings. The summed E-state index contributed by atoms with van der Waals surface area (Å²) in [6.45, 7) is 4.07. The van der Waals surface area contributed by atoms with Crippen molar-refractivity contribution in [3.8, 4) is 0 Å². The molecule has 1 unspecified atom stereocenters. The van der Waals surface area contributed by atoms with Crippen LogP contribution < -0.4 is 0 Å². The predicted molar refractivity (Wildman–Crippen MR) is 72.0 cm³/mol. The molecule has 19 heavy (non-hydrogen) atoms. The molecule has 0 aromatic carbocycles. The van der Waals surface area contributed by atoms with E-state index in [9.17, 15) is 9.59 Å². The van der Waals surface area contributed by atoms with Gasteiger partial charge in [-0.05, 0) is 18.0 Å². The number of carbonyl (C=O) groups excluding carboxylic acids is 2. The van der Waals surface area contributed by atoms with Crippen molar-refractivity contribution >= 4 is 23.4 Å². The molecular weight excluding hydrogens is 266 g/mol. The van der Waals surface area contributed by atoms with Crippen molar-refractivity contribution < 1.29 is 14.3 Å². The minimum Gasteiger partial charge on any atom is -0.469 e. The summed E-state index contributed by atoms with van der Waals surface area (Å²) in [5.41, 5.74) is 0.732. The van der Waals surface area contributed by atoms with Gasteiger partial charge in [-0.3, -0.25) is 9.59 Å². The maximum atomic E-state index is 12.3. The summed E-state index contributed by atoms with van der Waals surface area (Å²) in [7, 11) is 3.00. The third kappa shape index (κ3) is 3.99. The Morgan fingerprint density at radius 1 is 1.47 bits per heavy atom. The molecule has 1 amide bonds. The molecule has 1 atom stereocenters. The second kappa shape index (κ2) is 7.18. The highest BCUT2D eigenvalue weighted by molar-refractivity contribution is 7.07. The van der Waals surface area contributed by atoms with Crippen LogP contribution in [0, 0.1) is 5.92 Å². The second-order valence-electron chi connectivity index (χ2n) is 4.41. The van der Waals surface area contributed by atoms with E-state index in [4.69, 9.17) is 0 Å². The molecule has 1 aromatic rings. The number of amides is 1. The average molecular weight is 285 g/mol. The van der Waals surface area contributed by atoms with Gasteiger partial charge in [0, 0.05) is 13.6 Å². The molecule has 0 aliphatic carbocycles. The lowest BCUT2D eigenvalue weighted by Crippen LogP contribution is -2.34. The molecule has 0 radical (unpaired) electrons. The van der Waals surface area contributed by atoms with E-state index in [1.165, 1.54) is 12.0 Å². The highest BCUT2D eigenvalue weighted by atomic mass is 32.1. The van der Waals surface area contributed by atoms with E-state index in [0.29, 0.717) is 11.4 Å². The lowest BCUT2D eigenvalue weighted by atomic mass is 10.1. The van der Waals surface area contributed by atoms with Crippen molar-refractivity contribution in [2.24, 2.45) is 5.92 Å². The summed E-state index contributed by atoms with van der Waals surface area (Å²) in [6, 6.07) is 0. The van der Waals surface area contributed by atoms with Gasteiger partial charge in [0.1, 0.15) is 4.88 Å². The molecule has 0 saturated carbocycles. The lowest BCUT2D eigenvalue weighted by molar-refractivity contribution is -0.145. The summed E-state index contributed by atoms with van der Waals surface area (Å²) in [4.78, 5) is 25.7. The first-order valence-corrected chi connectivity index (χ1v) is 6.93. The van der Waals surface area contributed by atoms with E-state index in [2.05, 4.69) is 14.3 Å². The zero-order valence-corrected chi connectivity index (χ0v) is 12.5. The molecule has 1 rings (SSSR count). The molecule has 7 heteroatoms. The normalized spacial score (nSPS) is 12.0. The van der Waals surface area contributed by atoms with Gasteiger partial charge in [0.15, 0.2) is 0 Å². The predicted octanol–water partition coefficient (Wildman–Crippen LogP) is 1.37. The van der Waals surface area contributed by atoms with E-state index in [1.807, 2.05) is 6.92 Å². The van der Waals surface area contributed by atoms with Gasteiger partial charge in [0.05, 0.1) is 18.7 Å². The van der Waals surface area contributed by atoms with Crippen LogP contribution in [-0.2, 0) is 16.0 Å². The summed E-state index contributed by atoms with van der Waals surface area (Å²) < 4.78 is 8.47. The highest BCUT2D eigenvalue weighted by Crippen LogP contribution is 2.15. The van der Waals surface area contributed by atoms with E-state index in [-0.39, 0.29) is 17.8 Å². The van der Waals surface area contributed by atoms with E-state index in [0.717, 1.165) is 30.1 Å². The number of nitrogens with zero attached hydrogens (tertiary/aromatic N) is 3. The number of aromatic nitrogens is 2. The number of methoxy groups -OCH3 is 1. The zero-order valence-electron chi connectivity index (χ0n) is 11.7. The zero-order chi connectivity index (χ0) is 14.4. The van der Waals surface area contributed by atoms with Gasteiger partial charge < -0.3 is 9.64 Å². The standard InChI is InChI=1S/C12H19N3O3S/c1-5-6-9-10(19-14-13-9)11(16)15(3)7-8(2)12(17)18-4/h8H,5-7H2,1-4H3. The number of esters is 1. The third-order valence-corrected chi connectivity index (χ3v) is 3.49. The summed E-state index contributed by atoms with van der Waals surface area (Å²) >= 11 is 1.10. The Balaban J connectivity index is 2.71. The number of carbonyl (C=O) groups is 2. The van der Waals surface area contributed by atoms with Crippen LogP contribution in [0.5, 0.6) is 0 Å². The Morgan fingerprint density at radius 3 is 2.74 bits per heavy atom. The van der Waals surface area contributed by atoms with Crippen molar-refractivity contribution in [1.29, 1.82) is 0 Å². The largest absolute Gasteiger partial charge is 0.469 e. The summed E-state index contributed by atoms with van der Waals surface area (Å²) in [6.07, 6.45) is 1.64. The molecule has 1 aromatic heterocycles. The molecule has 0 N–H and O–H groups in total. The first-order valence-electron chi connectivity index (χ1n) is 6.15. The van der Waals surface area contributed by atoms with Crippen molar-refractivity contribution in [1.82, 2.24) is 14.5 Å². The fraction of sp³-hybridized carbons (Fsp3) is 0.667. The van der Waals surface area contributed by atoms with Gasteiger partial charge in [-0.25, -0.2) is 0 Å². The van der Waals surface area contributed by atoms with E-state index >= 15 is 0 Å². The first-order chi connectivity index (χ1) is 9.01. The van der Waals surface area contributed by atoms with Crippen molar-refractivity contribution in [3.63, 3.8) is 0 Å². The summed E-state index contributed by atoms with van der Waals surface area (Å²) in [5, 5.41) is 3.97. The van der Waals surface area contributed by atoms with E-state index in [1.54, 1.807) is 14.0 Å². The number of hydrogen-bond donors (Lipinski definition) is 0. The quantitative estimate of drug-likeness (QED) is 0.738. The van der Waals surface area contributed by atoms with Gasteiger partial charge in [0.25, 0.3) is 5.91 Å². The Morgan fingerprint density at radius 2 is 2.16 bits per heavy atom. The maximum Gasteiger partial charge on any atom is 0.310 e. The number of hydrogen-bond acceptors (Lipinski definition) is 6. The maximum absolute atomic E-state index is 12.3. The van der Waals surface area contributed by atoms with Crippen LogP contribution in [0.3, 0.4) is 0 Å². The van der Waals surface area contributed by atoms with Crippen molar-refractivity contribution in [3.05, 3.63) is 10.6 Å². The number of rotatable bonds is 6. The van der Waals surface area contributed by atoms with Crippen LogP contribution >= 0.6 is 11.5 Å². The molecule has 0 aliphatic heterocycles. The van der Waals surface area contributed by atoms with Gasteiger partial charge in [0.2, 0.25) is 0 Å². The molecule has 0 aliphatic rings. The molecule has 6 nitrogen and oxygen atoms in total. The lowest BCUT2D eigenvalue weighted by Gasteiger charge is -2.19. The fourth-order valence-corrected chi connectivity index (χ4v) is 2.42. The average Bonchev–Trinajstić information content (AvgIpc) is 2.85.